The van der Waals surface area contributed by atoms with Crippen LogP contribution in [0.2, 0.25) is 0 Å². The van der Waals surface area contributed by atoms with Crippen LogP contribution in [0.1, 0.15) is 64.7 Å². The molecule has 0 aromatic rings. The van der Waals surface area contributed by atoms with Crippen LogP contribution in [0.15, 0.2) is 12.2 Å². The Hall–Kier alpha value is -0.260. The smallest absolute Gasteiger partial charge is 0.0202 e. The zero-order valence-electron chi connectivity index (χ0n) is 10.3. The Kier molecular flexibility index (Phi) is 4.29. The van der Waals surface area contributed by atoms with Gasteiger partial charge in [-0.15, -0.1) is 0 Å². The van der Waals surface area contributed by atoms with Gasteiger partial charge in [0.05, 0.1) is 0 Å². The molecule has 1 unspecified atom stereocenters. The molecule has 0 heteroatoms. The summed E-state index contributed by atoms with van der Waals surface area (Å²) >= 11 is 0. The topological polar surface area (TPSA) is 0 Å². The van der Waals surface area contributed by atoms with Gasteiger partial charge in [-0.05, 0) is 37.0 Å². The molecule has 0 amide bonds. The van der Waals surface area contributed by atoms with E-state index in [1.807, 2.05) is 0 Å². The van der Waals surface area contributed by atoms with E-state index in [-0.39, 0.29) is 0 Å². The molecule has 15 heavy (non-hydrogen) atoms. The van der Waals surface area contributed by atoms with Crippen molar-refractivity contribution in [1.29, 1.82) is 0 Å². The molecule has 0 spiro atoms. The minimum absolute atomic E-state index is 0.940. The lowest BCUT2D eigenvalue weighted by atomic mass is 9.65. The molecule has 3 atom stereocenters. The van der Waals surface area contributed by atoms with Crippen molar-refractivity contribution in [1.82, 2.24) is 0 Å². The fourth-order valence-corrected chi connectivity index (χ4v) is 3.66. The molecule has 2 aliphatic rings. The monoisotopic (exact) mass is 206 g/mol. The fraction of sp³-hybridized carbons (Fsp3) is 0.867. The molecule has 0 N–H and O–H groups in total. The minimum Gasteiger partial charge on any atom is -0.0883 e. The lowest BCUT2D eigenvalue weighted by Gasteiger charge is -2.40. The summed E-state index contributed by atoms with van der Waals surface area (Å²) in [7, 11) is 0. The maximum absolute atomic E-state index is 2.56. The van der Waals surface area contributed by atoms with Crippen molar-refractivity contribution in [3.05, 3.63) is 12.2 Å². The Morgan fingerprint density at radius 2 is 1.80 bits per heavy atom. The van der Waals surface area contributed by atoms with E-state index < -0.39 is 0 Å². The van der Waals surface area contributed by atoms with Crippen LogP contribution < -0.4 is 0 Å². The first-order valence-corrected chi connectivity index (χ1v) is 7.08. The first-order valence-electron chi connectivity index (χ1n) is 7.08. The van der Waals surface area contributed by atoms with Crippen molar-refractivity contribution in [3.63, 3.8) is 0 Å². The summed E-state index contributed by atoms with van der Waals surface area (Å²) in [5.41, 5.74) is 0. The first kappa shape index (κ1) is 11.2. The van der Waals surface area contributed by atoms with Gasteiger partial charge in [0.1, 0.15) is 0 Å². The second kappa shape index (κ2) is 5.72. The predicted octanol–water partition coefficient (Wildman–Crippen LogP) is 4.95. The first-order chi connectivity index (χ1) is 7.42. The van der Waals surface area contributed by atoms with Gasteiger partial charge in [0, 0.05) is 0 Å². The van der Waals surface area contributed by atoms with E-state index in [4.69, 9.17) is 0 Å². The molecule has 0 nitrogen and oxygen atoms in total. The zero-order chi connectivity index (χ0) is 10.5. The molecule has 0 aliphatic heterocycles. The van der Waals surface area contributed by atoms with Gasteiger partial charge < -0.3 is 0 Å². The molecule has 0 saturated heterocycles. The number of fused-ring (bicyclic) bond motifs is 1. The molecular formula is C15H26. The maximum Gasteiger partial charge on any atom is -0.0202 e. The highest BCUT2D eigenvalue weighted by Crippen LogP contribution is 2.44. The van der Waals surface area contributed by atoms with Crippen LogP contribution in [0, 0.1) is 17.8 Å². The SMILES string of the molecule is CCCC=C[C@H]1CCC[C@H]2CCCCC21. The Bertz CT molecular complexity index is 202. The molecular weight excluding hydrogens is 180 g/mol. The Labute approximate surface area is 95.1 Å². The molecule has 0 aromatic heterocycles. The van der Waals surface area contributed by atoms with Crippen LogP contribution >= 0.6 is 0 Å². The highest BCUT2D eigenvalue weighted by Gasteiger charge is 2.33. The number of hydrogen-bond donors (Lipinski definition) is 0. The molecule has 2 saturated carbocycles. The van der Waals surface area contributed by atoms with Gasteiger partial charge in [-0.1, -0.05) is 57.6 Å². The lowest BCUT2D eigenvalue weighted by Crippen LogP contribution is -2.29. The van der Waals surface area contributed by atoms with Crippen LogP contribution in [0.25, 0.3) is 0 Å². The number of unbranched alkanes of at least 4 members (excludes halogenated alkanes) is 1. The minimum atomic E-state index is 0.940. The van der Waals surface area contributed by atoms with Crippen molar-refractivity contribution in [2.75, 3.05) is 0 Å². The largest absolute Gasteiger partial charge is 0.0883 e. The second-order valence-corrected chi connectivity index (χ2v) is 5.52. The molecule has 2 aliphatic carbocycles. The van der Waals surface area contributed by atoms with E-state index in [1.54, 1.807) is 0 Å². The van der Waals surface area contributed by atoms with Crippen LogP contribution in [0.3, 0.4) is 0 Å². The summed E-state index contributed by atoms with van der Waals surface area (Å²) in [4.78, 5) is 0. The van der Waals surface area contributed by atoms with E-state index in [0.29, 0.717) is 0 Å². The lowest BCUT2D eigenvalue weighted by molar-refractivity contribution is 0.130. The van der Waals surface area contributed by atoms with Gasteiger partial charge in [-0.3, -0.25) is 0 Å². The Balaban J connectivity index is 1.91. The van der Waals surface area contributed by atoms with Gasteiger partial charge in [0.15, 0.2) is 0 Å². The molecule has 0 aromatic carbocycles. The van der Waals surface area contributed by atoms with Gasteiger partial charge in [0.2, 0.25) is 0 Å². The average molecular weight is 206 g/mol. The molecule has 0 bridgehead atoms. The molecule has 0 heterocycles. The Morgan fingerprint density at radius 3 is 2.67 bits per heavy atom. The second-order valence-electron chi connectivity index (χ2n) is 5.52. The van der Waals surface area contributed by atoms with E-state index in [0.717, 1.165) is 17.8 Å². The summed E-state index contributed by atoms with van der Waals surface area (Å²) in [6.07, 6.45) is 18.1. The van der Waals surface area contributed by atoms with Gasteiger partial charge in [-0.25, -0.2) is 0 Å². The predicted molar refractivity (Wildman–Crippen MR) is 66.8 cm³/mol. The van der Waals surface area contributed by atoms with Gasteiger partial charge >= 0.3 is 0 Å². The van der Waals surface area contributed by atoms with Crippen LogP contribution in [-0.4, -0.2) is 0 Å². The van der Waals surface area contributed by atoms with Crippen LogP contribution in [0.5, 0.6) is 0 Å². The third kappa shape index (κ3) is 2.86. The average Bonchev–Trinajstić information content (AvgIpc) is 2.30. The van der Waals surface area contributed by atoms with Gasteiger partial charge in [0.25, 0.3) is 0 Å². The summed E-state index contributed by atoms with van der Waals surface area (Å²) < 4.78 is 0. The maximum atomic E-state index is 2.56. The quantitative estimate of drug-likeness (QED) is 0.573. The number of rotatable bonds is 3. The van der Waals surface area contributed by atoms with E-state index in [9.17, 15) is 0 Å². The standard InChI is InChI=1S/C15H26/c1-2-3-4-8-13-10-7-11-14-9-5-6-12-15(13)14/h4,8,13-15H,2-3,5-7,9-12H2,1H3/t13-,14+,15?/m0/s1. The summed E-state index contributed by atoms with van der Waals surface area (Å²) in [5.74, 6) is 3.08. The summed E-state index contributed by atoms with van der Waals surface area (Å²) in [6.45, 7) is 2.27. The summed E-state index contributed by atoms with van der Waals surface area (Å²) in [6, 6.07) is 0. The molecule has 86 valence electrons. The summed E-state index contributed by atoms with van der Waals surface area (Å²) in [5, 5.41) is 0. The van der Waals surface area contributed by atoms with E-state index in [1.165, 1.54) is 57.8 Å². The van der Waals surface area contributed by atoms with Crippen LogP contribution in [-0.2, 0) is 0 Å². The van der Waals surface area contributed by atoms with Crippen molar-refractivity contribution >= 4 is 0 Å². The van der Waals surface area contributed by atoms with Crippen molar-refractivity contribution in [2.24, 2.45) is 17.8 Å². The molecule has 2 fully saturated rings. The third-order valence-electron chi connectivity index (χ3n) is 4.47. The number of hydrogen-bond acceptors (Lipinski definition) is 0. The van der Waals surface area contributed by atoms with E-state index in [2.05, 4.69) is 19.1 Å². The zero-order valence-corrected chi connectivity index (χ0v) is 10.3. The van der Waals surface area contributed by atoms with Gasteiger partial charge in [-0.2, -0.15) is 0 Å². The molecule has 0 radical (unpaired) electrons. The third-order valence-corrected chi connectivity index (χ3v) is 4.47. The molecule has 2 rings (SSSR count). The highest BCUT2D eigenvalue weighted by atomic mass is 14.4. The van der Waals surface area contributed by atoms with Crippen LogP contribution in [0.4, 0.5) is 0 Å². The van der Waals surface area contributed by atoms with Crippen molar-refractivity contribution in [3.8, 4) is 0 Å². The normalized spacial score (nSPS) is 36.7. The van der Waals surface area contributed by atoms with Crippen molar-refractivity contribution < 1.29 is 0 Å². The Morgan fingerprint density at radius 1 is 1.00 bits per heavy atom. The number of allylic oxidation sites excluding steroid dienone is 2. The fourth-order valence-electron chi connectivity index (χ4n) is 3.66. The van der Waals surface area contributed by atoms with E-state index >= 15 is 0 Å². The van der Waals surface area contributed by atoms with Crippen molar-refractivity contribution in [2.45, 2.75) is 64.7 Å². The highest BCUT2D eigenvalue weighted by molar-refractivity contribution is 4.96.